The van der Waals surface area contributed by atoms with Gasteiger partial charge in [-0.3, -0.25) is 0 Å². The molecule has 24 heavy (non-hydrogen) atoms. The lowest BCUT2D eigenvalue weighted by Crippen LogP contribution is -1.95. The SMILES string of the molecule is Cl.c1ccc(Cc2ccc(Nc3ncnc4cscc34)cc2)cc1. The van der Waals surface area contributed by atoms with Crippen LogP contribution in [-0.2, 0) is 6.42 Å². The zero-order valence-electron chi connectivity index (χ0n) is 12.8. The number of thiophene rings is 1. The van der Waals surface area contributed by atoms with Gasteiger partial charge in [0.15, 0.2) is 0 Å². The summed E-state index contributed by atoms with van der Waals surface area (Å²) in [6, 6.07) is 19.0. The first kappa shape index (κ1) is 16.4. The third-order valence-corrected chi connectivity index (χ3v) is 4.48. The number of aromatic nitrogens is 2. The molecule has 0 spiro atoms. The zero-order valence-corrected chi connectivity index (χ0v) is 14.5. The van der Waals surface area contributed by atoms with Crippen molar-refractivity contribution in [3.8, 4) is 0 Å². The summed E-state index contributed by atoms with van der Waals surface area (Å²) in [6.45, 7) is 0. The average molecular weight is 354 g/mol. The highest BCUT2D eigenvalue weighted by Crippen LogP contribution is 2.25. The van der Waals surface area contributed by atoms with Crippen molar-refractivity contribution in [2.45, 2.75) is 6.42 Å². The van der Waals surface area contributed by atoms with Gasteiger partial charge in [-0.2, -0.15) is 0 Å². The number of nitrogens with one attached hydrogen (secondary N) is 1. The van der Waals surface area contributed by atoms with Crippen LogP contribution in [0.5, 0.6) is 0 Å². The van der Waals surface area contributed by atoms with Gasteiger partial charge in [-0.25, -0.2) is 9.97 Å². The Hall–Kier alpha value is -2.43. The molecule has 2 heterocycles. The number of benzene rings is 2. The quantitative estimate of drug-likeness (QED) is 0.530. The molecule has 0 aliphatic rings. The third-order valence-electron chi connectivity index (χ3n) is 3.75. The molecule has 3 nitrogen and oxygen atoms in total. The molecule has 4 aromatic rings. The first-order valence-electron chi connectivity index (χ1n) is 7.45. The zero-order chi connectivity index (χ0) is 15.5. The van der Waals surface area contributed by atoms with Crippen LogP contribution in [0.2, 0.25) is 0 Å². The Morgan fingerprint density at radius 3 is 2.38 bits per heavy atom. The van der Waals surface area contributed by atoms with E-state index in [1.165, 1.54) is 11.1 Å². The van der Waals surface area contributed by atoms with Gasteiger partial charge in [0, 0.05) is 16.4 Å². The molecule has 0 aliphatic carbocycles. The highest BCUT2D eigenvalue weighted by atomic mass is 35.5. The van der Waals surface area contributed by atoms with Gasteiger partial charge in [0.2, 0.25) is 0 Å². The molecule has 0 bridgehead atoms. The van der Waals surface area contributed by atoms with Gasteiger partial charge in [-0.05, 0) is 29.7 Å². The van der Waals surface area contributed by atoms with E-state index in [9.17, 15) is 0 Å². The monoisotopic (exact) mass is 353 g/mol. The number of nitrogens with zero attached hydrogens (tertiary/aromatic N) is 2. The Balaban J connectivity index is 0.00000169. The molecule has 0 saturated heterocycles. The summed E-state index contributed by atoms with van der Waals surface area (Å²) in [5, 5.41) is 8.54. The van der Waals surface area contributed by atoms with Crippen LogP contribution in [0.25, 0.3) is 10.9 Å². The smallest absolute Gasteiger partial charge is 0.142 e. The van der Waals surface area contributed by atoms with Gasteiger partial charge in [-0.1, -0.05) is 42.5 Å². The maximum Gasteiger partial charge on any atom is 0.142 e. The summed E-state index contributed by atoms with van der Waals surface area (Å²) in [6.07, 6.45) is 2.55. The van der Waals surface area contributed by atoms with Crippen molar-refractivity contribution >= 4 is 46.2 Å². The van der Waals surface area contributed by atoms with E-state index in [1.54, 1.807) is 17.7 Å². The van der Waals surface area contributed by atoms with E-state index in [0.29, 0.717) is 0 Å². The molecule has 120 valence electrons. The average Bonchev–Trinajstić information content (AvgIpc) is 3.07. The maximum atomic E-state index is 4.35. The molecule has 4 rings (SSSR count). The summed E-state index contributed by atoms with van der Waals surface area (Å²) in [5.41, 5.74) is 4.63. The summed E-state index contributed by atoms with van der Waals surface area (Å²) in [7, 11) is 0. The second-order valence-electron chi connectivity index (χ2n) is 5.38. The molecule has 2 aromatic heterocycles. The van der Waals surface area contributed by atoms with Gasteiger partial charge in [0.25, 0.3) is 0 Å². The van der Waals surface area contributed by atoms with E-state index in [1.807, 2.05) is 11.4 Å². The van der Waals surface area contributed by atoms with Crippen LogP contribution in [-0.4, -0.2) is 9.97 Å². The van der Waals surface area contributed by atoms with E-state index < -0.39 is 0 Å². The first-order chi connectivity index (χ1) is 11.4. The Morgan fingerprint density at radius 2 is 1.58 bits per heavy atom. The minimum Gasteiger partial charge on any atom is -0.340 e. The number of rotatable bonds is 4. The van der Waals surface area contributed by atoms with Crippen LogP contribution in [0.3, 0.4) is 0 Å². The van der Waals surface area contributed by atoms with Gasteiger partial charge in [-0.15, -0.1) is 23.7 Å². The second-order valence-corrected chi connectivity index (χ2v) is 6.12. The van der Waals surface area contributed by atoms with Crippen LogP contribution < -0.4 is 5.32 Å². The molecule has 0 fully saturated rings. The van der Waals surface area contributed by atoms with Crippen LogP contribution in [0.1, 0.15) is 11.1 Å². The highest BCUT2D eigenvalue weighted by molar-refractivity contribution is 7.09. The Bertz CT molecular complexity index is 920. The lowest BCUT2D eigenvalue weighted by molar-refractivity contribution is 1.19. The Morgan fingerprint density at radius 1 is 0.833 bits per heavy atom. The molecule has 0 radical (unpaired) electrons. The number of hydrogen-bond donors (Lipinski definition) is 1. The fourth-order valence-electron chi connectivity index (χ4n) is 2.56. The summed E-state index contributed by atoms with van der Waals surface area (Å²) in [4.78, 5) is 8.61. The van der Waals surface area contributed by atoms with E-state index in [0.717, 1.165) is 28.8 Å². The fourth-order valence-corrected chi connectivity index (χ4v) is 3.31. The number of fused-ring (bicyclic) bond motifs is 1. The molecular weight excluding hydrogens is 338 g/mol. The van der Waals surface area contributed by atoms with Crippen LogP contribution >= 0.6 is 23.7 Å². The van der Waals surface area contributed by atoms with Gasteiger partial charge in [0.05, 0.1) is 10.9 Å². The van der Waals surface area contributed by atoms with Crippen LogP contribution in [0.15, 0.2) is 71.7 Å². The molecule has 0 saturated carbocycles. The van der Waals surface area contributed by atoms with Gasteiger partial charge >= 0.3 is 0 Å². The number of halogens is 1. The first-order valence-corrected chi connectivity index (χ1v) is 8.39. The molecule has 0 unspecified atom stereocenters. The lowest BCUT2D eigenvalue weighted by Gasteiger charge is -2.08. The van der Waals surface area contributed by atoms with Crippen molar-refractivity contribution in [2.75, 3.05) is 5.32 Å². The summed E-state index contributed by atoms with van der Waals surface area (Å²) >= 11 is 1.64. The minimum atomic E-state index is 0. The molecule has 1 N–H and O–H groups in total. The van der Waals surface area contributed by atoms with Crippen molar-refractivity contribution in [1.82, 2.24) is 9.97 Å². The largest absolute Gasteiger partial charge is 0.340 e. The topological polar surface area (TPSA) is 37.8 Å². The third kappa shape index (κ3) is 3.55. The molecule has 5 heteroatoms. The highest BCUT2D eigenvalue weighted by Gasteiger charge is 2.05. The fraction of sp³-hybridized carbons (Fsp3) is 0.0526. The van der Waals surface area contributed by atoms with E-state index >= 15 is 0 Å². The van der Waals surface area contributed by atoms with E-state index in [4.69, 9.17) is 0 Å². The standard InChI is InChI=1S/C19H15N3S.ClH/c1-2-4-14(5-3-1)10-15-6-8-16(9-7-15)22-19-17-11-23-12-18(17)20-13-21-19;/h1-9,11-13H,10H2,(H,20,21,22);1H. The molecule has 0 aliphatic heterocycles. The maximum absolute atomic E-state index is 4.35. The van der Waals surface area contributed by atoms with Crippen LogP contribution in [0.4, 0.5) is 11.5 Å². The summed E-state index contributed by atoms with van der Waals surface area (Å²) < 4.78 is 0. The molecular formula is C19H16ClN3S. The van der Waals surface area contributed by atoms with E-state index in [-0.39, 0.29) is 12.4 Å². The van der Waals surface area contributed by atoms with Crippen LogP contribution in [0, 0.1) is 0 Å². The Kier molecular flexibility index (Phi) is 5.08. The lowest BCUT2D eigenvalue weighted by atomic mass is 10.0. The number of anilines is 2. The Labute approximate surface area is 150 Å². The molecule has 2 aromatic carbocycles. The van der Waals surface area contributed by atoms with E-state index in [2.05, 4.69) is 69.2 Å². The molecule has 0 atom stereocenters. The minimum absolute atomic E-state index is 0. The van der Waals surface area contributed by atoms with Crippen molar-refractivity contribution in [2.24, 2.45) is 0 Å². The van der Waals surface area contributed by atoms with Crippen molar-refractivity contribution < 1.29 is 0 Å². The predicted octanol–water partition coefficient (Wildman–Crippen LogP) is 5.45. The second kappa shape index (κ2) is 7.43. The van der Waals surface area contributed by atoms with Crippen molar-refractivity contribution in [1.29, 1.82) is 0 Å². The van der Waals surface area contributed by atoms with Crippen molar-refractivity contribution in [3.63, 3.8) is 0 Å². The normalized spacial score (nSPS) is 10.3. The predicted molar refractivity (Wildman–Crippen MR) is 104 cm³/mol. The summed E-state index contributed by atoms with van der Waals surface area (Å²) in [5.74, 6) is 0.854. The molecule has 0 amide bonds. The van der Waals surface area contributed by atoms with Gasteiger partial charge < -0.3 is 5.32 Å². The van der Waals surface area contributed by atoms with Gasteiger partial charge in [0.1, 0.15) is 12.1 Å². The number of hydrogen-bond acceptors (Lipinski definition) is 4. The van der Waals surface area contributed by atoms with Crippen molar-refractivity contribution in [3.05, 3.63) is 82.8 Å².